The highest BCUT2D eigenvalue weighted by Crippen LogP contribution is 2.32. The van der Waals surface area contributed by atoms with Gasteiger partial charge >= 0.3 is 0 Å². The van der Waals surface area contributed by atoms with Gasteiger partial charge in [0.2, 0.25) is 5.91 Å². The number of carbonyl (C=O) groups is 1. The number of rotatable bonds is 5. The van der Waals surface area contributed by atoms with Crippen molar-refractivity contribution in [1.82, 2.24) is 0 Å². The Bertz CT molecular complexity index is 701. The SMILES string of the molecule is COc1ccc(CC(=O)Nc2ccc3c(c2)OCCO3)cc1OC. The third-order valence-corrected chi connectivity index (χ3v) is 3.64. The molecule has 0 saturated carbocycles. The van der Waals surface area contributed by atoms with E-state index in [0.717, 1.165) is 5.56 Å². The average molecular weight is 329 g/mol. The molecule has 0 unspecified atom stereocenters. The Kier molecular flexibility index (Phi) is 4.74. The average Bonchev–Trinajstić information content (AvgIpc) is 2.61. The van der Waals surface area contributed by atoms with Gasteiger partial charge in [-0.3, -0.25) is 4.79 Å². The molecule has 1 aliphatic heterocycles. The van der Waals surface area contributed by atoms with Crippen LogP contribution in [0.1, 0.15) is 5.56 Å². The number of hydrogen-bond donors (Lipinski definition) is 1. The lowest BCUT2D eigenvalue weighted by molar-refractivity contribution is -0.115. The van der Waals surface area contributed by atoms with E-state index < -0.39 is 0 Å². The zero-order chi connectivity index (χ0) is 16.9. The van der Waals surface area contributed by atoms with Gasteiger partial charge in [0, 0.05) is 11.8 Å². The smallest absolute Gasteiger partial charge is 0.228 e. The molecule has 0 saturated heterocycles. The quantitative estimate of drug-likeness (QED) is 0.913. The van der Waals surface area contributed by atoms with Crippen molar-refractivity contribution in [2.45, 2.75) is 6.42 Å². The molecule has 1 aliphatic rings. The first-order valence-corrected chi connectivity index (χ1v) is 7.60. The van der Waals surface area contributed by atoms with E-state index in [1.54, 1.807) is 44.6 Å². The number of benzene rings is 2. The number of fused-ring (bicyclic) bond motifs is 1. The molecule has 6 heteroatoms. The first kappa shape index (κ1) is 16.0. The molecule has 0 radical (unpaired) electrons. The molecule has 1 N–H and O–H groups in total. The Hall–Kier alpha value is -2.89. The summed E-state index contributed by atoms with van der Waals surface area (Å²) in [5.74, 6) is 2.44. The molecule has 0 bridgehead atoms. The Morgan fingerprint density at radius 3 is 2.50 bits per heavy atom. The molecule has 24 heavy (non-hydrogen) atoms. The maximum Gasteiger partial charge on any atom is 0.228 e. The second-order valence-corrected chi connectivity index (χ2v) is 5.27. The Morgan fingerprint density at radius 2 is 1.75 bits per heavy atom. The molecule has 0 spiro atoms. The van der Waals surface area contributed by atoms with Crippen molar-refractivity contribution in [3.63, 3.8) is 0 Å². The molecule has 3 rings (SSSR count). The number of nitrogens with one attached hydrogen (secondary N) is 1. The summed E-state index contributed by atoms with van der Waals surface area (Å²) in [6.45, 7) is 1.05. The first-order chi connectivity index (χ1) is 11.7. The molecule has 6 nitrogen and oxygen atoms in total. The largest absolute Gasteiger partial charge is 0.493 e. The van der Waals surface area contributed by atoms with Gasteiger partial charge in [-0.2, -0.15) is 0 Å². The third kappa shape index (κ3) is 3.53. The van der Waals surface area contributed by atoms with Crippen molar-refractivity contribution in [1.29, 1.82) is 0 Å². The predicted octanol–water partition coefficient (Wildman–Crippen LogP) is 2.66. The molecule has 0 aromatic heterocycles. The second-order valence-electron chi connectivity index (χ2n) is 5.27. The molecule has 1 amide bonds. The summed E-state index contributed by atoms with van der Waals surface area (Å²) in [7, 11) is 3.14. The van der Waals surface area contributed by atoms with E-state index in [0.29, 0.717) is 41.9 Å². The van der Waals surface area contributed by atoms with E-state index in [4.69, 9.17) is 18.9 Å². The molecule has 126 valence electrons. The highest BCUT2D eigenvalue weighted by Gasteiger charge is 2.13. The molecule has 2 aromatic carbocycles. The van der Waals surface area contributed by atoms with Gasteiger partial charge in [-0.05, 0) is 29.8 Å². The van der Waals surface area contributed by atoms with Crippen LogP contribution in [0.4, 0.5) is 5.69 Å². The molecular formula is C18H19NO5. The van der Waals surface area contributed by atoms with Crippen LogP contribution in [-0.4, -0.2) is 33.3 Å². The van der Waals surface area contributed by atoms with Crippen LogP contribution in [0.15, 0.2) is 36.4 Å². The minimum atomic E-state index is -0.126. The van der Waals surface area contributed by atoms with Gasteiger partial charge in [0.1, 0.15) is 13.2 Å². The standard InChI is InChI=1S/C18H19NO5/c1-21-14-5-3-12(9-16(14)22-2)10-18(20)19-13-4-6-15-17(11-13)24-8-7-23-15/h3-6,9,11H,7-8,10H2,1-2H3,(H,19,20). The minimum absolute atomic E-state index is 0.126. The number of carbonyl (C=O) groups excluding carboxylic acids is 1. The molecule has 0 fully saturated rings. The summed E-state index contributed by atoms with van der Waals surface area (Å²) in [5.41, 5.74) is 1.51. The van der Waals surface area contributed by atoms with Crippen molar-refractivity contribution in [2.75, 3.05) is 32.8 Å². The highest BCUT2D eigenvalue weighted by atomic mass is 16.6. The van der Waals surface area contributed by atoms with E-state index in [-0.39, 0.29) is 12.3 Å². The predicted molar refractivity (Wildman–Crippen MR) is 89.3 cm³/mol. The highest BCUT2D eigenvalue weighted by molar-refractivity contribution is 5.92. The van der Waals surface area contributed by atoms with E-state index in [1.807, 2.05) is 6.07 Å². The monoisotopic (exact) mass is 329 g/mol. The fraction of sp³-hybridized carbons (Fsp3) is 0.278. The Balaban J connectivity index is 1.67. The maximum atomic E-state index is 12.2. The lowest BCUT2D eigenvalue weighted by Gasteiger charge is -2.19. The summed E-state index contributed by atoms with van der Waals surface area (Å²) in [4.78, 5) is 12.2. The number of methoxy groups -OCH3 is 2. The number of hydrogen-bond acceptors (Lipinski definition) is 5. The van der Waals surface area contributed by atoms with Crippen LogP contribution < -0.4 is 24.3 Å². The zero-order valence-electron chi connectivity index (χ0n) is 13.6. The summed E-state index contributed by atoms with van der Waals surface area (Å²) in [6, 6.07) is 10.8. The van der Waals surface area contributed by atoms with Crippen molar-refractivity contribution < 1.29 is 23.7 Å². The summed E-state index contributed by atoms with van der Waals surface area (Å²) >= 11 is 0. The molecule has 0 aliphatic carbocycles. The van der Waals surface area contributed by atoms with Gasteiger partial charge in [0.05, 0.1) is 20.6 Å². The fourth-order valence-electron chi connectivity index (χ4n) is 2.50. The molecule has 0 atom stereocenters. The van der Waals surface area contributed by atoms with Crippen LogP contribution in [0.5, 0.6) is 23.0 Å². The lowest BCUT2D eigenvalue weighted by Crippen LogP contribution is -2.17. The van der Waals surface area contributed by atoms with Gasteiger partial charge in [-0.25, -0.2) is 0 Å². The number of anilines is 1. The van der Waals surface area contributed by atoms with Crippen molar-refractivity contribution in [3.05, 3.63) is 42.0 Å². The van der Waals surface area contributed by atoms with Crippen molar-refractivity contribution >= 4 is 11.6 Å². The van der Waals surface area contributed by atoms with Gasteiger partial charge in [0.25, 0.3) is 0 Å². The zero-order valence-corrected chi connectivity index (χ0v) is 13.6. The Labute approximate surface area is 140 Å². The van der Waals surface area contributed by atoms with E-state index in [1.165, 1.54) is 0 Å². The first-order valence-electron chi connectivity index (χ1n) is 7.60. The summed E-state index contributed by atoms with van der Waals surface area (Å²) in [5, 5.41) is 2.86. The normalized spacial score (nSPS) is 12.4. The molecule has 1 heterocycles. The van der Waals surface area contributed by atoms with Gasteiger partial charge in [0.15, 0.2) is 23.0 Å². The van der Waals surface area contributed by atoms with E-state index in [2.05, 4.69) is 5.32 Å². The third-order valence-electron chi connectivity index (χ3n) is 3.64. The molecular weight excluding hydrogens is 310 g/mol. The lowest BCUT2D eigenvalue weighted by atomic mass is 10.1. The maximum absolute atomic E-state index is 12.2. The number of ether oxygens (including phenoxy) is 4. The van der Waals surface area contributed by atoms with Crippen molar-refractivity contribution in [2.24, 2.45) is 0 Å². The van der Waals surface area contributed by atoms with Gasteiger partial charge in [-0.15, -0.1) is 0 Å². The van der Waals surface area contributed by atoms with Crippen LogP contribution in [0.3, 0.4) is 0 Å². The van der Waals surface area contributed by atoms with Crippen LogP contribution in [0.25, 0.3) is 0 Å². The molecule has 2 aromatic rings. The van der Waals surface area contributed by atoms with Crippen LogP contribution >= 0.6 is 0 Å². The Morgan fingerprint density at radius 1 is 1.00 bits per heavy atom. The topological polar surface area (TPSA) is 66.0 Å². The van der Waals surface area contributed by atoms with Gasteiger partial charge < -0.3 is 24.3 Å². The van der Waals surface area contributed by atoms with Crippen LogP contribution in [0, 0.1) is 0 Å². The van der Waals surface area contributed by atoms with Crippen molar-refractivity contribution in [3.8, 4) is 23.0 Å². The summed E-state index contributed by atoms with van der Waals surface area (Å²) in [6.07, 6.45) is 0.231. The van der Waals surface area contributed by atoms with E-state index >= 15 is 0 Å². The van der Waals surface area contributed by atoms with Crippen LogP contribution in [-0.2, 0) is 11.2 Å². The fourth-order valence-corrected chi connectivity index (χ4v) is 2.50. The van der Waals surface area contributed by atoms with E-state index in [9.17, 15) is 4.79 Å². The van der Waals surface area contributed by atoms with Gasteiger partial charge in [-0.1, -0.05) is 6.07 Å². The minimum Gasteiger partial charge on any atom is -0.493 e. The number of amides is 1. The second kappa shape index (κ2) is 7.12. The van der Waals surface area contributed by atoms with Crippen LogP contribution in [0.2, 0.25) is 0 Å². The summed E-state index contributed by atoms with van der Waals surface area (Å²) < 4.78 is 21.4.